The number of nitrogens with zero attached hydrogens (tertiary/aromatic N) is 1. The number of fused-ring (bicyclic) bond motifs is 1. The highest BCUT2D eigenvalue weighted by molar-refractivity contribution is 5.81. The van der Waals surface area contributed by atoms with Crippen LogP contribution in [-0.4, -0.2) is 29.5 Å². The second-order valence-electron chi connectivity index (χ2n) is 4.19. The van der Waals surface area contributed by atoms with Gasteiger partial charge in [-0.3, -0.25) is 5.10 Å². The van der Waals surface area contributed by atoms with Gasteiger partial charge in [-0.05, 0) is 31.0 Å². The largest absolute Gasteiger partial charge is 0.382 e. The van der Waals surface area contributed by atoms with Crippen LogP contribution in [0.2, 0.25) is 0 Å². The number of benzene rings is 1. The van der Waals surface area contributed by atoms with Gasteiger partial charge in [0.25, 0.3) is 0 Å². The van der Waals surface area contributed by atoms with Gasteiger partial charge in [0.1, 0.15) is 0 Å². The molecule has 0 spiro atoms. The molecule has 1 unspecified atom stereocenters. The number of nitrogens with one attached hydrogen (secondary N) is 2. The molecule has 2 N–H and O–H groups in total. The zero-order valence-corrected chi connectivity index (χ0v) is 9.07. The minimum Gasteiger partial charge on any atom is -0.382 e. The molecule has 0 radical (unpaired) electrons. The summed E-state index contributed by atoms with van der Waals surface area (Å²) in [5, 5.41) is 11.5. The van der Waals surface area contributed by atoms with E-state index in [4.69, 9.17) is 4.74 Å². The molecule has 0 amide bonds. The van der Waals surface area contributed by atoms with Gasteiger partial charge < -0.3 is 10.1 Å². The van der Waals surface area contributed by atoms with Crippen molar-refractivity contribution in [2.45, 2.75) is 18.9 Å². The standard InChI is InChI=1S/C12H15N3O/c1-2-11(16-5-1)8-13-10-4-3-9-7-14-15-12(9)6-10/h3-4,6-7,11,13H,1-2,5,8H2,(H,14,15). The first-order chi connectivity index (χ1) is 7.92. The van der Waals surface area contributed by atoms with E-state index >= 15 is 0 Å². The van der Waals surface area contributed by atoms with Crippen molar-refractivity contribution in [1.82, 2.24) is 10.2 Å². The summed E-state index contributed by atoms with van der Waals surface area (Å²) >= 11 is 0. The molecule has 1 saturated heterocycles. The van der Waals surface area contributed by atoms with Crippen molar-refractivity contribution in [3.8, 4) is 0 Å². The van der Waals surface area contributed by atoms with Crippen LogP contribution in [0.25, 0.3) is 10.9 Å². The van der Waals surface area contributed by atoms with Gasteiger partial charge in [0.15, 0.2) is 0 Å². The van der Waals surface area contributed by atoms with Crippen molar-refractivity contribution in [1.29, 1.82) is 0 Å². The fourth-order valence-electron chi connectivity index (χ4n) is 2.08. The molecule has 4 heteroatoms. The lowest BCUT2D eigenvalue weighted by atomic mass is 10.2. The van der Waals surface area contributed by atoms with Crippen molar-refractivity contribution >= 4 is 16.6 Å². The van der Waals surface area contributed by atoms with E-state index in [-0.39, 0.29) is 0 Å². The first kappa shape index (κ1) is 9.66. The third kappa shape index (κ3) is 1.88. The van der Waals surface area contributed by atoms with Gasteiger partial charge >= 0.3 is 0 Å². The van der Waals surface area contributed by atoms with Crippen LogP contribution < -0.4 is 5.32 Å². The topological polar surface area (TPSA) is 49.9 Å². The molecule has 1 fully saturated rings. The summed E-state index contributed by atoms with van der Waals surface area (Å²) in [5.74, 6) is 0. The maximum absolute atomic E-state index is 5.56. The van der Waals surface area contributed by atoms with E-state index in [9.17, 15) is 0 Å². The molecule has 2 aromatic rings. The van der Waals surface area contributed by atoms with Crippen molar-refractivity contribution in [3.05, 3.63) is 24.4 Å². The van der Waals surface area contributed by atoms with Gasteiger partial charge in [0, 0.05) is 24.2 Å². The summed E-state index contributed by atoms with van der Waals surface area (Å²) in [6.07, 6.45) is 4.56. The van der Waals surface area contributed by atoms with Crippen LogP contribution in [0.4, 0.5) is 5.69 Å². The van der Waals surface area contributed by atoms with E-state index < -0.39 is 0 Å². The van der Waals surface area contributed by atoms with Gasteiger partial charge in [0.05, 0.1) is 17.8 Å². The Morgan fingerprint density at radius 1 is 1.50 bits per heavy atom. The van der Waals surface area contributed by atoms with Gasteiger partial charge in [-0.25, -0.2) is 0 Å². The van der Waals surface area contributed by atoms with Crippen LogP contribution in [0, 0.1) is 0 Å². The number of aromatic amines is 1. The number of aromatic nitrogens is 2. The number of rotatable bonds is 3. The Labute approximate surface area is 94.0 Å². The number of H-pyrrole nitrogens is 1. The van der Waals surface area contributed by atoms with Crippen molar-refractivity contribution in [2.24, 2.45) is 0 Å². The van der Waals surface area contributed by atoms with E-state index in [0.29, 0.717) is 6.10 Å². The highest BCUT2D eigenvalue weighted by Crippen LogP contribution is 2.18. The highest BCUT2D eigenvalue weighted by Gasteiger charge is 2.14. The maximum atomic E-state index is 5.56. The predicted molar refractivity (Wildman–Crippen MR) is 63.6 cm³/mol. The summed E-state index contributed by atoms with van der Waals surface area (Å²) in [6.45, 7) is 1.80. The molecule has 0 bridgehead atoms. The van der Waals surface area contributed by atoms with E-state index in [1.807, 2.05) is 6.20 Å². The van der Waals surface area contributed by atoms with E-state index in [0.717, 1.165) is 29.7 Å². The fourth-order valence-corrected chi connectivity index (χ4v) is 2.08. The summed E-state index contributed by atoms with van der Waals surface area (Å²) in [6, 6.07) is 6.22. The molecule has 1 aromatic heterocycles. The molecular weight excluding hydrogens is 202 g/mol. The highest BCUT2D eigenvalue weighted by atomic mass is 16.5. The molecule has 1 aliphatic rings. The summed E-state index contributed by atoms with van der Waals surface area (Å²) in [7, 11) is 0. The van der Waals surface area contributed by atoms with Crippen molar-refractivity contribution < 1.29 is 4.74 Å². The van der Waals surface area contributed by atoms with Gasteiger partial charge in [-0.1, -0.05) is 0 Å². The second-order valence-corrected chi connectivity index (χ2v) is 4.19. The Morgan fingerprint density at radius 2 is 2.50 bits per heavy atom. The summed E-state index contributed by atoms with van der Waals surface area (Å²) in [4.78, 5) is 0. The number of hydrogen-bond acceptors (Lipinski definition) is 3. The zero-order chi connectivity index (χ0) is 10.8. The monoisotopic (exact) mass is 217 g/mol. The number of anilines is 1. The molecule has 1 atom stereocenters. The summed E-state index contributed by atoms with van der Waals surface area (Å²) in [5.41, 5.74) is 2.18. The summed E-state index contributed by atoms with van der Waals surface area (Å²) < 4.78 is 5.56. The normalized spacial score (nSPS) is 20.4. The molecule has 1 aliphatic heterocycles. The second kappa shape index (κ2) is 4.14. The Morgan fingerprint density at radius 3 is 3.38 bits per heavy atom. The smallest absolute Gasteiger partial charge is 0.0748 e. The van der Waals surface area contributed by atoms with E-state index in [1.54, 1.807) is 0 Å². The van der Waals surface area contributed by atoms with Crippen molar-refractivity contribution in [2.75, 3.05) is 18.5 Å². The molecule has 84 valence electrons. The van der Waals surface area contributed by atoms with Crippen LogP contribution in [0.1, 0.15) is 12.8 Å². The van der Waals surface area contributed by atoms with Crippen LogP contribution in [0.15, 0.2) is 24.4 Å². The molecule has 0 saturated carbocycles. The minimum absolute atomic E-state index is 0.373. The quantitative estimate of drug-likeness (QED) is 0.828. The zero-order valence-electron chi connectivity index (χ0n) is 9.07. The lowest BCUT2D eigenvalue weighted by molar-refractivity contribution is 0.120. The molecule has 2 heterocycles. The Hall–Kier alpha value is -1.55. The number of hydrogen-bond donors (Lipinski definition) is 2. The van der Waals surface area contributed by atoms with E-state index in [2.05, 4.69) is 33.7 Å². The average Bonchev–Trinajstić information content (AvgIpc) is 2.97. The van der Waals surface area contributed by atoms with Crippen LogP contribution in [-0.2, 0) is 4.74 Å². The molecule has 3 rings (SSSR count). The van der Waals surface area contributed by atoms with Gasteiger partial charge in [0.2, 0.25) is 0 Å². The first-order valence-electron chi connectivity index (χ1n) is 5.70. The van der Waals surface area contributed by atoms with Crippen LogP contribution in [0.3, 0.4) is 0 Å². The Balaban J connectivity index is 1.68. The molecular formula is C12H15N3O. The van der Waals surface area contributed by atoms with Crippen LogP contribution >= 0.6 is 0 Å². The van der Waals surface area contributed by atoms with Gasteiger partial charge in [-0.2, -0.15) is 5.10 Å². The SMILES string of the molecule is c1cc2cn[nH]c2cc1NCC1CCCO1. The van der Waals surface area contributed by atoms with Crippen molar-refractivity contribution in [3.63, 3.8) is 0 Å². The third-order valence-electron chi connectivity index (χ3n) is 3.00. The lowest BCUT2D eigenvalue weighted by Crippen LogP contribution is -2.18. The van der Waals surface area contributed by atoms with E-state index in [1.165, 1.54) is 12.8 Å². The minimum atomic E-state index is 0.373. The Kier molecular flexibility index (Phi) is 2.50. The fraction of sp³-hybridized carbons (Fsp3) is 0.417. The molecule has 0 aliphatic carbocycles. The van der Waals surface area contributed by atoms with Crippen LogP contribution in [0.5, 0.6) is 0 Å². The predicted octanol–water partition coefficient (Wildman–Crippen LogP) is 2.15. The third-order valence-corrected chi connectivity index (χ3v) is 3.00. The average molecular weight is 217 g/mol. The maximum Gasteiger partial charge on any atom is 0.0748 e. The number of ether oxygens (including phenoxy) is 1. The van der Waals surface area contributed by atoms with Gasteiger partial charge in [-0.15, -0.1) is 0 Å². The molecule has 16 heavy (non-hydrogen) atoms. The molecule has 4 nitrogen and oxygen atoms in total. The Bertz CT molecular complexity index is 474. The lowest BCUT2D eigenvalue weighted by Gasteiger charge is -2.11. The first-order valence-corrected chi connectivity index (χ1v) is 5.70. The molecule has 1 aromatic carbocycles.